The van der Waals surface area contributed by atoms with Crippen molar-refractivity contribution in [2.24, 2.45) is 0 Å². The Hall–Kier alpha value is -0.870. The third-order valence-corrected chi connectivity index (χ3v) is 3.92. The van der Waals surface area contributed by atoms with Gasteiger partial charge in [0.15, 0.2) is 0 Å². The van der Waals surface area contributed by atoms with E-state index in [1.54, 1.807) is 0 Å². The third-order valence-electron chi connectivity index (χ3n) is 3.92. The van der Waals surface area contributed by atoms with E-state index in [-0.39, 0.29) is 5.54 Å². The van der Waals surface area contributed by atoms with Crippen molar-refractivity contribution in [3.05, 3.63) is 18.0 Å². The first-order valence-electron chi connectivity index (χ1n) is 7.88. The number of aromatic nitrogens is 2. The van der Waals surface area contributed by atoms with Gasteiger partial charge in [-0.15, -0.1) is 0 Å². The molecule has 1 N–H and O–H groups in total. The monoisotopic (exact) mass is 278 g/mol. The molecule has 1 aromatic heterocycles. The van der Waals surface area contributed by atoms with Crippen molar-refractivity contribution in [3.8, 4) is 0 Å². The summed E-state index contributed by atoms with van der Waals surface area (Å²) in [5.74, 6) is 0. The largest absolute Gasteiger partial charge is 0.311 e. The molecule has 2 rings (SSSR count). The third kappa shape index (κ3) is 4.32. The van der Waals surface area contributed by atoms with Crippen LogP contribution in [0.1, 0.15) is 59.2 Å². The van der Waals surface area contributed by atoms with Crippen molar-refractivity contribution in [1.82, 2.24) is 20.0 Å². The van der Waals surface area contributed by atoms with Gasteiger partial charge in [-0.05, 0) is 60.1 Å². The van der Waals surface area contributed by atoms with E-state index in [2.05, 4.69) is 62.2 Å². The Morgan fingerprint density at radius 1 is 1.40 bits per heavy atom. The summed E-state index contributed by atoms with van der Waals surface area (Å²) >= 11 is 0. The Labute approximate surface area is 123 Å². The van der Waals surface area contributed by atoms with E-state index in [4.69, 9.17) is 0 Å². The van der Waals surface area contributed by atoms with Crippen LogP contribution in [0, 0.1) is 0 Å². The molecule has 0 bridgehead atoms. The second-order valence-corrected chi connectivity index (χ2v) is 7.28. The van der Waals surface area contributed by atoms with Crippen molar-refractivity contribution in [1.29, 1.82) is 0 Å². The van der Waals surface area contributed by atoms with Crippen LogP contribution >= 0.6 is 0 Å². The molecular weight excluding hydrogens is 248 g/mol. The Bertz CT molecular complexity index is 416. The van der Waals surface area contributed by atoms with Crippen molar-refractivity contribution >= 4 is 0 Å². The molecule has 0 amide bonds. The number of hydrogen-bond donors (Lipinski definition) is 1. The van der Waals surface area contributed by atoms with Gasteiger partial charge in [-0.3, -0.25) is 9.58 Å². The zero-order chi connectivity index (χ0) is 14.8. The van der Waals surface area contributed by atoms with E-state index in [0.29, 0.717) is 12.1 Å². The number of likely N-dealkylation sites (tertiary alicyclic amines) is 1. The van der Waals surface area contributed by atoms with Gasteiger partial charge in [0.05, 0.1) is 5.69 Å². The molecule has 1 atom stereocenters. The molecule has 4 heteroatoms. The lowest BCUT2D eigenvalue weighted by molar-refractivity contribution is 0.223. The number of hydrogen-bond acceptors (Lipinski definition) is 3. The minimum Gasteiger partial charge on any atom is -0.311 e. The minimum atomic E-state index is 0.202. The molecule has 0 aliphatic carbocycles. The molecule has 0 spiro atoms. The molecule has 1 aliphatic rings. The molecule has 1 fully saturated rings. The Balaban J connectivity index is 1.90. The van der Waals surface area contributed by atoms with Crippen molar-refractivity contribution in [3.63, 3.8) is 0 Å². The van der Waals surface area contributed by atoms with Crippen LogP contribution in [0.25, 0.3) is 0 Å². The summed E-state index contributed by atoms with van der Waals surface area (Å²) in [4.78, 5) is 2.58. The summed E-state index contributed by atoms with van der Waals surface area (Å²) in [5.41, 5.74) is 1.40. The predicted molar refractivity (Wildman–Crippen MR) is 83.8 cm³/mol. The lowest BCUT2D eigenvalue weighted by Crippen LogP contribution is -2.45. The van der Waals surface area contributed by atoms with Gasteiger partial charge in [0, 0.05) is 36.9 Å². The zero-order valence-electron chi connectivity index (χ0n) is 13.7. The van der Waals surface area contributed by atoms with Crippen molar-refractivity contribution in [2.75, 3.05) is 13.1 Å². The first kappa shape index (κ1) is 15.5. The summed E-state index contributed by atoms with van der Waals surface area (Å²) < 4.78 is 2.05. The highest BCUT2D eigenvalue weighted by Crippen LogP contribution is 2.20. The van der Waals surface area contributed by atoms with Crippen LogP contribution in [0.4, 0.5) is 0 Å². The van der Waals surface area contributed by atoms with Gasteiger partial charge in [0.2, 0.25) is 0 Å². The van der Waals surface area contributed by atoms with Gasteiger partial charge >= 0.3 is 0 Å². The Morgan fingerprint density at radius 3 is 2.75 bits per heavy atom. The second-order valence-electron chi connectivity index (χ2n) is 7.28. The summed E-state index contributed by atoms with van der Waals surface area (Å²) in [5, 5.41) is 8.31. The number of nitrogens with one attached hydrogen (secondary N) is 1. The first-order valence-corrected chi connectivity index (χ1v) is 7.88. The normalized spacial score (nSPS) is 21.0. The fourth-order valence-electron chi connectivity index (χ4n) is 2.72. The fraction of sp³-hybridized carbons (Fsp3) is 0.812. The van der Waals surface area contributed by atoms with Crippen LogP contribution in [-0.2, 0) is 6.54 Å². The molecule has 0 radical (unpaired) electrons. The summed E-state index contributed by atoms with van der Waals surface area (Å²) in [6, 6.07) is 3.26. The van der Waals surface area contributed by atoms with Crippen LogP contribution in [0.15, 0.2) is 12.3 Å². The first-order chi connectivity index (χ1) is 9.35. The van der Waals surface area contributed by atoms with Crippen LogP contribution in [0.2, 0.25) is 0 Å². The maximum atomic E-state index is 4.67. The second kappa shape index (κ2) is 6.27. The summed E-state index contributed by atoms with van der Waals surface area (Å²) in [6.07, 6.45) is 4.70. The minimum absolute atomic E-state index is 0.202. The van der Waals surface area contributed by atoms with Crippen LogP contribution in [0.3, 0.4) is 0 Å². The van der Waals surface area contributed by atoms with Crippen LogP contribution in [0.5, 0.6) is 0 Å². The summed E-state index contributed by atoms with van der Waals surface area (Å²) in [7, 11) is 0. The van der Waals surface area contributed by atoms with Gasteiger partial charge in [-0.1, -0.05) is 0 Å². The molecule has 2 heterocycles. The molecule has 4 nitrogen and oxygen atoms in total. The van der Waals surface area contributed by atoms with E-state index >= 15 is 0 Å². The highest BCUT2D eigenvalue weighted by Gasteiger charge is 2.26. The number of nitrogens with zero attached hydrogens (tertiary/aromatic N) is 3. The van der Waals surface area contributed by atoms with Gasteiger partial charge in [-0.2, -0.15) is 5.10 Å². The topological polar surface area (TPSA) is 33.1 Å². The molecule has 20 heavy (non-hydrogen) atoms. The van der Waals surface area contributed by atoms with Gasteiger partial charge in [0.25, 0.3) is 0 Å². The highest BCUT2D eigenvalue weighted by atomic mass is 15.3. The van der Waals surface area contributed by atoms with Crippen LogP contribution in [-0.4, -0.2) is 39.4 Å². The predicted octanol–water partition coefficient (Wildman–Crippen LogP) is 2.82. The van der Waals surface area contributed by atoms with Gasteiger partial charge in [-0.25, -0.2) is 0 Å². The fourth-order valence-corrected chi connectivity index (χ4v) is 2.72. The Kier molecular flexibility index (Phi) is 4.86. The number of rotatable bonds is 5. The lowest BCUT2D eigenvalue weighted by Gasteiger charge is -2.28. The maximum absolute atomic E-state index is 4.67. The molecule has 114 valence electrons. The summed E-state index contributed by atoms with van der Waals surface area (Å²) in [6.45, 7) is 14.3. The van der Waals surface area contributed by atoms with Crippen molar-refractivity contribution in [2.45, 2.75) is 71.6 Å². The standard InChI is InChI=1S/C16H30N4/c1-13(2)20-10-8-14(18-20)12-19-9-6-7-15(19)11-17-16(3,4)5/h8,10,13,15,17H,6-7,9,11-12H2,1-5H3. The average molecular weight is 278 g/mol. The van der Waals surface area contributed by atoms with E-state index in [0.717, 1.165) is 13.1 Å². The van der Waals surface area contributed by atoms with Gasteiger partial charge < -0.3 is 5.32 Å². The van der Waals surface area contributed by atoms with E-state index in [9.17, 15) is 0 Å². The highest BCUT2D eigenvalue weighted by molar-refractivity contribution is 5.01. The molecule has 1 saturated heterocycles. The van der Waals surface area contributed by atoms with E-state index in [1.807, 2.05) is 4.68 Å². The molecule has 1 aliphatic heterocycles. The lowest BCUT2D eigenvalue weighted by atomic mass is 10.1. The quantitative estimate of drug-likeness (QED) is 0.899. The molecule has 0 saturated carbocycles. The zero-order valence-corrected chi connectivity index (χ0v) is 13.7. The smallest absolute Gasteiger partial charge is 0.0765 e. The SMILES string of the molecule is CC(C)n1ccc(CN2CCCC2CNC(C)(C)C)n1. The van der Waals surface area contributed by atoms with Crippen molar-refractivity contribution < 1.29 is 0 Å². The Morgan fingerprint density at radius 2 is 2.15 bits per heavy atom. The van der Waals surface area contributed by atoms with E-state index < -0.39 is 0 Å². The van der Waals surface area contributed by atoms with Crippen LogP contribution < -0.4 is 5.32 Å². The van der Waals surface area contributed by atoms with E-state index in [1.165, 1.54) is 25.1 Å². The molecular formula is C16H30N4. The molecule has 1 aromatic rings. The molecule has 0 aromatic carbocycles. The molecule has 1 unspecified atom stereocenters. The average Bonchev–Trinajstić information content (AvgIpc) is 2.95. The van der Waals surface area contributed by atoms with Gasteiger partial charge in [0.1, 0.15) is 0 Å². The maximum Gasteiger partial charge on any atom is 0.0765 e.